The molecule has 0 radical (unpaired) electrons. The summed E-state index contributed by atoms with van der Waals surface area (Å²) in [6.07, 6.45) is 1.12. The van der Waals surface area contributed by atoms with Crippen molar-refractivity contribution in [1.82, 2.24) is 5.32 Å². The molecule has 2 saturated heterocycles. The molecule has 2 fully saturated rings. The molecule has 0 saturated carbocycles. The van der Waals surface area contributed by atoms with Gasteiger partial charge in [-0.15, -0.1) is 0 Å². The topological polar surface area (TPSA) is 30.5 Å². The molecule has 1 N–H and O–H groups in total. The van der Waals surface area contributed by atoms with Crippen molar-refractivity contribution in [2.75, 3.05) is 26.4 Å². The van der Waals surface area contributed by atoms with Crippen molar-refractivity contribution < 1.29 is 9.47 Å². The minimum absolute atomic E-state index is 0.161. The van der Waals surface area contributed by atoms with Gasteiger partial charge in [-0.1, -0.05) is 13.8 Å². The summed E-state index contributed by atoms with van der Waals surface area (Å²) in [5, 5.41) is 3.53. The van der Waals surface area contributed by atoms with E-state index >= 15 is 0 Å². The lowest BCUT2D eigenvalue weighted by Crippen LogP contribution is -2.59. The molecular formula is C11H21NO2. The van der Waals surface area contributed by atoms with Gasteiger partial charge in [0.25, 0.3) is 0 Å². The first kappa shape index (κ1) is 10.4. The molecule has 2 rings (SSSR count). The van der Waals surface area contributed by atoms with Crippen LogP contribution in [0.2, 0.25) is 0 Å². The van der Waals surface area contributed by atoms with E-state index < -0.39 is 0 Å². The van der Waals surface area contributed by atoms with Gasteiger partial charge in [-0.3, -0.25) is 5.32 Å². The van der Waals surface area contributed by atoms with Crippen molar-refractivity contribution in [2.24, 2.45) is 11.3 Å². The van der Waals surface area contributed by atoms with Crippen LogP contribution in [0.25, 0.3) is 0 Å². The van der Waals surface area contributed by atoms with Crippen LogP contribution in [0, 0.1) is 11.3 Å². The van der Waals surface area contributed by atoms with E-state index in [2.05, 4.69) is 26.1 Å². The second-order valence-electron chi connectivity index (χ2n) is 5.47. The Morgan fingerprint density at radius 1 is 1.29 bits per heavy atom. The molecule has 2 heterocycles. The number of nitrogens with one attached hydrogen (secondary N) is 1. The van der Waals surface area contributed by atoms with Crippen molar-refractivity contribution in [3.05, 3.63) is 0 Å². The first-order valence-corrected chi connectivity index (χ1v) is 5.49. The SMILES string of the molecule is CC1(C)CNC(C)(C2CCOC2)OC1. The Kier molecular flexibility index (Phi) is 2.58. The summed E-state index contributed by atoms with van der Waals surface area (Å²) in [4.78, 5) is 0. The third kappa shape index (κ3) is 1.95. The fourth-order valence-electron chi connectivity index (χ4n) is 2.09. The molecular weight excluding hydrogens is 178 g/mol. The highest BCUT2D eigenvalue weighted by atomic mass is 16.5. The maximum atomic E-state index is 5.97. The van der Waals surface area contributed by atoms with E-state index in [4.69, 9.17) is 9.47 Å². The van der Waals surface area contributed by atoms with Crippen molar-refractivity contribution >= 4 is 0 Å². The highest BCUT2D eigenvalue weighted by Gasteiger charge is 2.42. The molecule has 2 aliphatic heterocycles. The Morgan fingerprint density at radius 3 is 2.57 bits per heavy atom. The van der Waals surface area contributed by atoms with Crippen LogP contribution in [0.4, 0.5) is 0 Å². The van der Waals surface area contributed by atoms with E-state index in [1.54, 1.807) is 0 Å². The molecule has 2 unspecified atom stereocenters. The van der Waals surface area contributed by atoms with Gasteiger partial charge in [-0.2, -0.15) is 0 Å². The molecule has 14 heavy (non-hydrogen) atoms. The molecule has 3 nitrogen and oxygen atoms in total. The van der Waals surface area contributed by atoms with E-state index in [0.29, 0.717) is 5.92 Å². The predicted molar refractivity (Wildman–Crippen MR) is 55.1 cm³/mol. The molecule has 0 aromatic heterocycles. The maximum Gasteiger partial charge on any atom is 0.121 e. The summed E-state index contributed by atoms with van der Waals surface area (Å²) >= 11 is 0. The lowest BCUT2D eigenvalue weighted by atomic mass is 9.88. The maximum absolute atomic E-state index is 5.97. The molecule has 82 valence electrons. The number of hydrogen-bond donors (Lipinski definition) is 1. The second kappa shape index (κ2) is 3.47. The minimum Gasteiger partial charge on any atom is -0.381 e. The van der Waals surface area contributed by atoms with E-state index in [9.17, 15) is 0 Å². The van der Waals surface area contributed by atoms with E-state index in [1.165, 1.54) is 0 Å². The zero-order chi connectivity index (χ0) is 10.2. The summed E-state index contributed by atoms with van der Waals surface area (Å²) in [6.45, 7) is 10.2. The van der Waals surface area contributed by atoms with Crippen LogP contribution in [0.5, 0.6) is 0 Å². The lowest BCUT2D eigenvalue weighted by molar-refractivity contribution is -0.156. The minimum atomic E-state index is -0.161. The summed E-state index contributed by atoms with van der Waals surface area (Å²) in [5.41, 5.74) is 0.102. The molecule has 2 aliphatic rings. The monoisotopic (exact) mass is 199 g/mol. The molecule has 3 heteroatoms. The first-order valence-electron chi connectivity index (χ1n) is 5.49. The van der Waals surface area contributed by atoms with Gasteiger partial charge in [-0.05, 0) is 13.3 Å². The lowest BCUT2D eigenvalue weighted by Gasteiger charge is -2.45. The van der Waals surface area contributed by atoms with E-state index in [-0.39, 0.29) is 11.1 Å². The van der Waals surface area contributed by atoms with Crippen LogP contribution in [0.15, 0.2) is 0 Å². The van der Waals surface area contributed by atoms with Gasteiger partial charge >= 0.3 is 0 Å². The third-order valence-corrected chi connectivity index (χ3v) is 3.39. The van der Waals surface area contributed by atoms with Crippen molar-refractivity contribution in [1.29, 1.82) is 0 Å². The number of rotatable bonds is 1. The van der Waals surface area contributed by atoms with Gasteiger partial charge in [0.2, 0.25) is 0 Å². The molecule has 0 amide bonds. The fourth-order valence-corrected chi connectivity index (χ4v) is 2.09. The average molecular weight is 199 g/mol. The summed E-state index contributed by atoms with van der Waals surface area (Å²) < 4.78 is 11.4. The highest BCUT2D eigenvalue weighted by molar-refractivity contribution is 4.90. The van der Waals surface area contributed by atoms with E-state index in [1.807, 2.05) is 0 Å². The van der Waals surface area contributed by atoms with Gasteiger partial charge in [0.1, 0.15) is 5.72 Å². The fraction of sp³-hybridized carbons (Fsp3) is 1.00. The van der Waals surface area contributed by atoms with Gasteiger partial charge in [0.15, 0.2) is 0 Å². The standard InChI is InChI=1S/C11H21NO2/c1-10(2)7-12-11(3,14-8-10)9-4-5-13-6-9/h9,12H,4-8H2,1-3H3. The number of ether oxygens (including phenoxy) is 2. The van der Waals surface area contributed by atoms with Crippen LogP contribution in [0.3, 0.4) is 0 Å². The Labute approximate surface area is 86.2 Å². The van der Waals surface area contributed by atoms with Gasteiger partial charge in [0, 0.05) is 24.5 Å². The van der Waals surface area contributed by atoms with Crippen molar-refractivity contribution in [3.63, 3.8) is 0 Å². The summed E-state index contributed by atoms with van der Waals surface area (Å²) in [6, 6.07) is 0. The van der Waals surface area contributed by atoms with Crippen LogP contribution in [0.1, 0.15) is 27.2 Å². The smallest absolute Gasteiger partial charge is 0.121 e. The highest BCUT2D eigenvalue weighted by Crippen LogP contribution is 2.32. The first-order chi connectivity index (χ1) is 6.52. The van der Waals surface area contributed by atoms with Crippen LogP contribution in [-0.4, -0.2) is 32.1 Å². The molecule has 0 aliphatic carbocycles. The summed E-state index contributed by atoms with van der Waals surface area (Å²) in [5.74, 6) is 0.513. The molecule has 0 aromatic carbocycles. The zero-order valence-corrected chi connectivity index (χ0v) is 9.43. The molecule has 0 bridgehead atoms. The zero-order valence-electron chi connectivity index (χ0n) is 9.43. The normalized spacial score (nSPS) is 42.6. The predicted octanol–water partition coefficient (Wildman–Crippen LogP) is 1.39. The van der Waals surface area contributed by atoms with Crippen LogP contribution in [-0.2, 0) is 9.47 Å². The number of hydrogen-bond acceptors (Lipinski definition) is 3. The second-order valence-corrected chi connectivity index (χ2v) is 5.47. The Bertz CT molecular complexity index is 199. The van der Waals surface area contributed by atoms with Crippen molar-refractivity contribution in [3.8, 4) is 0 Å². The van der Waals surface area contributed by atoms with Crippen LogP contribution >= 0.6 is 0 Å². The van der Waals surface area contributed by atoms with Gasteiger partial charge < -0.3 is 9.47 Å². The Balaban J connectivity index is 1.97. The average Bonchev–Trinajstić information content (AvgIpc) is 2.64. The van der Waals surface area contributed by atoms with Crippen molar-refractivity contribution in [2.45, 2.75) is 32.9 Å². The molecule has 0 spiro atoms. The quantitative estimate of drug-likeness (QED) is 0.692. The molecule has 2 atom stereocenters. The largest absolute Gasteiger partial charge is 0.381 e. The molecule has 0 aromatic rings. The summed E-state index contributed by atoms with van der Waals surface area (Å²) in [7, 11) is 0. The third-order valence-electron chi connectivity index (χ3n) is 3.39. The Hall–Kier alpha value is -0.120. The van der Waals surface area contributed by atoms with Gasteiger partial charge in [-0.25, -0.2) is 0 Å². The Morgan fingerprint density at radius 2 is 2.07 bits per heavy atom. The van der Waals surface area contributed by atoms with E-state index in [0.717, 1.165) is 32.8 Å². The van der Waals surface area contributed by atoms with Crippen LogP contribution < -0.4 is 5.32 Å². The van der Waals surface area contributed by atoms with Gasteiger partial charge in [0.05, 0.1) is 13.2 Å².